The molecule has 1 fully saturated rings. The minimum Gasteiger partial charge on any atom is -0.507 e. The van der Waals surface area contributed by atoms with Crippen molar-refractivity contribution in [2.75, 3.05) is 0 Å². The maximum atomic E-state index is 12.2. The molecule has 2 aromatic rings. The first kappa shape index (κ1) is 11.9. The van der Waals surface area contributed by atoms with Gasteiger partial charge in [0, 0.05) is 0 Å². The largest absolute Gasteiger partial charge is 0.507 e. The molecule has 1 aliphatic heterocycles. The Morgan fingerprint density at radius 2 is 1.79 bits per heavy atom. The fourth-order valence-electron chi connectivity index (χ4n) is 2.16. The molecule has 3 heteroatoms. The van der Waals surface area contributed by atoms with E-state index in [0.29, 0.717) is 5.56 Å². The number of Topliss-reactive ketones (excluding diaryl/α,β-unsaturated/α-hetero) is 1. The van der Waals surface area contributed by atoms with E-state index in [2.05, 4.69) is 0 Å². The van der Waals surface area contributed by atoms with Gasteiger partial charge in [0.2, 0.25) is 0 Å². The molecule has 0 amide bonds. The highest BCUT2D eigenvalue weighted by Crippen LogP contribution is 2.41. The monoisotopic (exact) mass is 254 g/mol. The number of para-hydroxylation sites is 1. The molecule has 3 rings (SSSR count). The molecule has 3 nitrogen and oxygen atoms in total. The van der Waals surface area contributed by atoms with Gasteiger partial charge in [0.1, 0.15) is 11.9 Å². The van der Waals surface area contributed by atoms with Gasteiger partial charge in [-0.2, -0.15) is 0 Å². The number of hydrogen-bond donors (Lipinski definition) is 1. The number of aromatic hydroxyl groups is 1. The third-order valence-corrected chi connectivity index (χ3v) is 3.33. The summed E-state index contributed by atoms with van der Waals surface area (Å²) in [4.78, 5) is 12.2. The summed E-state index contributed by atoms with van der Waals surface area (Å²) in [6, 6.07) is 14.5. The van der Waals surface area contributed by atoms with Crippen LogP contribution in [0.2, 0.25) is 0 Å². The average molecular weight is 254 g/mol. The lowest BCUT2D eigenvalue weighted by molar-refractivity contribution is 0.0951. The first-order chi connectivity index (χ1) is 9.16. The molecule has 0 aliphatic carbocycles. The van der Waals surface area contributed by atoms with Crippen LogP contribution in [0.25, 0.3) is 0 Å². The van der Waals surface area contributed by atoms with Crippen molar-refractivity contribution in [2.24, 2.45) is 0 Å². The first-order valence-electron chi connectivity index (χ1n) is 6.21. The van der Waals surface area contributed by atoms with Crippen LogP contribution in [0.15, 0.2) is 48.5 Å². The van der Waals surface area contributed by atoms with Crippen LogP contribution < -0.4 is 0 Å². The second-order valence-corrected chi connectivity index (χ2v) is 4.77. The fourth-order valence-corrected chi connectivity index (χ4v) is 2.16. The second-order valence-electron chi connectivity index (χ2n) is 4.77. The number of carbonyl (C=O) groups is 1. The van der Waals surface area contributed by atoms with Crippen LogP contribution in [0.3, 0.4) is 0 Å². The minimum atomic E-state index is -0.476. The molecule has 19 heavy (non-hydrogen) atoms. The molecule has 1 heterocycles. The van der Waals surface area contributed by atoms with E-state index < -0.39 is 6.10 Å². The summed E-state index contributed by atoms with van der Waals surface area (Å²) < 4.78 is 5.45. The van der Waals surface area contributed by atoms with Crippen LogP contribution in [-0.2, 0) is 4.74 Å². The summed E-state index contributed by atoms with van der Waals surface area (Å²) in [6.07, 6.45) is -0.663. The Labute approximate surface area is 111 Å². The summed E-state index contributed by atoms with van der Waals surface area (Å²) in [7, 11) is 0. The molecule has 0 aromatic heterocycles. The number of hydrogen-bond acceptors (Lipinski definition) is 3. The first-order valence-corrected chi connectivity index (χ1v) is 6.21. The molecule has 0 bridgehead atoms. The van der Waals surface area contributed by atoms with Crippen LogP contribution in [0.4, 0.5) is 0 Å². The Hall–Kier alpha value is -2.13. The molecule has 2 aromatic carbocycles. The van der Waals surface area contributed by atoms with Crippen LogP contribution in [0.1, 0.15) is 27.6 Å². The summed E-state index contributed by atoms with van der Waals surface area (Å²) in [5.74, 6) is -0.158. The van der Waals surface area contributed by atoms with Crippen molar-refractivity contribution in [3.8, 4) is 5.75 Å². The highest BCUT2D eigenvalue weighted by atomic mass is 16.6. The predicted octanol–water partition coefficient (Wildman–Crippen LogP) is 3.02. The van der Waals surface area contributed by atoms with E-state index in [1.807, 2.05) is 31.2 Å². The zero-order chi connectivity index (χ0) is 13.4. The van der Waals surface area contributed by atoms with E-state index in [9.17, 15) is 9.90 Å². The Morgan fingerprint density at radius 1 is 1.11 bits per heavy atom. The molecule has 0 unspecified atom stereocenters. The van der Waals surface area contributed by atoms with Crippen LogP contribution in [-0.4, -0.2) is 17.0 Å². The lowest BCUT2D eigenvalue weighted by atomic mass is 10.0. The van der Waals surface area contributed by atoms with Gasteiger partial charge >= 0.3 is 0 Å². The minimum absolute atomic E-state index is 0.00524. The molecular formula is C16H14O3. The molecular weight excluding hydrogens is 240 g/mol. The van der Waals surface area contributed by atoms with Crippen molar-refractivity contribution in [1.29, 1.82) is 0 Å². The van der Waals surface area contributed by atoms with E-state index >= 15 is 0 Å². The number of benzene rings is 2. The lowest BCUT2D eigenvalue weighted by Crippen LogP contribution is -2.08. The van der Waals surface area contributed by atoms with Gasteiger partial charge in [0.25, 0.3) is 0 Å². The van der Waals surface area contributed by atoms with Crippen molar-refractivity contribution in [1.82, 2.24) is 0 Å². The molecule has 1 N–H and O–H groups in total. The maximum Gasteiger partial charge on any atom is 0.198 e. The fraction of sp³-hybridized carbons (Fsp3) is 0.188. The normalized spacial score (nSPS) is 21.1. The molecule has 2 atom stereocenters. The van der Waals surface area contributed by atoms with Gasteiger partial charge in [0.05, 0.1) is 5.56 Å². The van der Waals surface area contributed by atoms with Crippen LogP contribution in [0, 0.1) is 6.92 Å². The van der Waals surface area contributed by atoms with Gasteiger partial charge in [-0.15, -0.1) is 0 Å². The third kappa shape index (κ3) is 2.25. The Morgan fingerprint density at radius 3 is 2.47 bits per heavy atom. The molecule has 96 valence electrons. The smallest absolute Gasteiger partial charge is 0.198 e. The highest BCUT2D eigenvalue weighted by molar-refractivity contribution is 6.03. The Bertz CT molecular complexity index is 616. The molecule has 0 radical (unpaired) electrons. The second kappa shape index (κ2) is 4.52. The van der Waals surface area contributed by atoms with Crippen LogP contribution >= 0.6 is 0 Å². The van der Waals surface area contributed by atoms with Crippen molar-refractivity contribution in [2.45, 2.75) is 19.1 Å². The molecule has 0 spiro atoms. The number of aryl methyl sites for hydroxylation is 1. The van der Waals surface area contributed by atoms with E-state index in [-0.39, 0.29) is 17.6 Å². The SMILES string of the molecule is Cc1ccc([C@@H]2O[C@H]2C(=O)c2ccccc2O)cc1. The van der Waals surface area contributed by atoms with Crippen molar-refractivity contribution >= 4 is 5.78 Å². The van der Waals surface area contributed by atoms with E-state index in [1.165, 1.54) is 11.6 Å². The zero-order valence-corrected chi connectivity index (χ0v) is 10.5. The van der Waals surface area contributed by atoms with Gasteiger partial charge in [-0.05, 0) is 24.6 Å². The average Bonchev–Trinajstić information content (AvgIpc) is 3.20. The van der Waals surface area contributed by atoms with Crippen molar-refractivity contribution < 1.29 is 14.6 Å². The van der Waals surface area contributed by atoms with Crippen LogP contribution in [0.5, 0.6) is 5.75 Å². The third-order valence-electron chi connectivity index (χ3n) is 3.33. The number of epoxide rings is 1. The summed E-state index contributed by atoms with van der Waals surface area (Å²) >= 11 is 0. The predicted molar refractivity (Wildman–Crippen MR) is 71.2 cm³/mol. The standard InChI is InChI=1S/C16H14O3/c1-10-6-8-11(9-7-10)15-16(19-15)14(18)12-4-2-3-5-13(12)17/h2-9,15-17H,1H3/t15-,16-/m0/s1. The quantitative estimate of drug-likeness (QED) is 0.676. The van der Waals surface area contributed by atoms with E-state index in [1.54, 1.807) is 18.2 Å². The topological polar surface area (TPSA) is 49.8 Å². The van der Waals surface area contributed by atoms with E-state index in [0.717, 1.165) is 5.56 Å². The van der Waals surface area contributed by atoms with E-state index in [4.69, 9.17) is 4.74 Å². The van der Waals surface area contributed by atoms with Crippen molar-refractivity contribution in [3.05, 3.63) is 65.2 Å². The number of ketones is 1. The zero-order valence-electron chi connectivity index (χ0n) is 10.5. The van der Waals surface area contributed by atoms with Gasteiger partial charge < -0.3 is 9.84 Å². The highest BCUT2D eigenvalue weighted by Gasteiger charge is 2.46. The van der Waals surface area contributed by atoms with Gasteiger partial charge in [-0.25, -0.2) is 0 Å². The maximum absolute atomic E-state index is 12.2. The number of carbonyl (C=O) groups excluding carboxylic acids is 1. The lowest BCUT2D eigenvalue weighted by Gasteiger charge is -2.01. The Balaban J connectivity index is 1.78. The molecule has 0 saturated carbocycles. The molecule has 1 aliphatic rings. The number of rotatable bonds is 3. The summed E-state index contributed by atoms with van der Waals surface area (Å²) in [6.45, 7) is 2.02. The summed E-state index contributed by atoms with van der Waals surface area (Å²) in [5, 5.41) is 9.67. The number of phenols is 1. The number of phenolic OH excluding ortho intramolecular Hbond substituents is 1. The molecule has 1 saturated heterocycles. The van der Waals surface area contributed by atoms with Gasteiger partial charge in [0.15, 0.2) is 11.9 Å². The number of ether oxygens (including phenoxy) is 1. The van der Waals surface area contributed by atoms with Crippen molar-refractivity contribution in [3.63, 3.8) is 0 Å². The Kier molecular flexibility index (Phi) is 2.84. The van der Waals surface area contributed by atoms with Gasteiger partial charge in [-0.1, -0.05) is 42.0 Å². The summed E-state index contributed by atoms with van der Waals surface area (Å²) in [5.41, 5.74) is 2.49. The van der Waals surface area contributed by atoms with Gasteiger partial charge in [-0.3, -0.25) is 4.79 Å².